The number of terminal acetylenes is 1. The third kappa shape index (κ3) is 4.29. The Morgan fingerprint density at radius 1 is 1.57 bits per heavy atom. The molecule has 1 rings (SSSR count). The summed E-state index contributed by atoms with van der Waals surface area (Å²) in [6.45, 7) is 4.93. The molecule has 0 bridgehead atoms. The lowest BCUT2D eigenvalue weighted by Crippen LogP contribution is -2.46. The maximum atomic E-state index is 11.4. The van der Waals surface area contributed by atoms with E-state index in [1.807, 2.05) is 13.8 Å². The lowest BCUT2D eigenvalue weighted by Gasteiger charge is -2.19. The largest absolute Gasteiger partial charge is 0.339 e. The average molecular weight is 194 g/mol. The molecule has 0 aromatic heterocycles. The van der Waals surface area contributed by atoms with E-state index < -0.39 is 5.54 Å². The number of carbonyl (C=O) groups is 1. The minimum Gasteiger partial charge on any atom is -0.339 e. The summed E-state index contributed by atoms with van der Waals surface area (Å²) in [5, 5.41) is 5.88. The van der Waals surface area contributed by atoms with E-state index in [9.17, 15) is 4.79 Å². The van der Waals surface area contributed by atoms with Crippen molar-refractivity contribution in [1.29, 1.82) is 0 Å². The van der Waals surface area contributed by atoms with Crippen LogP contribution < -0.4 is 10.6 Å². The first-order valence-electron chi connectivity index (χ1n) is 5.03. The zero-order valence-corrected chi connectivity index (χ0v) is 8.89. The fourth-order valence-electron chi connectivity index (χ4n) is 1.14. The van der Waals surface area contributed by atoms with Crippen LogP contribution in [0.1, 0.15) is 26.7 Å². The van der Waals surface area contributed by atoms with Gasteiger partial charge in [0.1, 0.15) is 0 Å². The number of amides is 1. The normalized spacial score (nSPS) is 16.1. The Bertz CT molecular complexity index is 249. The molecule has 3 heteroatoms. The molecule has 3 nitrogen and oxygen atoms in total. The van der Waals surface area contributed by atoms with Gasteiger partial charge < -0.3 is 10.6 Å². The first-order chi connectivity index (χ1) is 6.53. The van der Waals surface area contributed by atoms with Crippen molar-refractivity contribution in [1.82, 2.24) is 10.6 Å². The van der Waals surface area contributed by atoms with Gasteiger partial charge >= 0.3 is 0 Å². The minimum atomic E-state index is -0.543. The fourth-order valence-corrected chi connectivity index (χ4v) is 1.14. The molecule has 0 spiro atoms. The van der Waals surface area contributed by atoms with E-state index in [-0.39, 0.29) is 5.91 Å². The second kappa shape index (κ2) is 4.47. The van der Waals surface area contributed by atoms with Gasteiger partial charge in [0.2, 0.25) is 5.91 Å². The highest BCUT2D eigenvalue weighted by Gasteiger charge is 2.21. The molecule has 0 atom stereocenters. The van der Waals surface area contributed by atoms with Crippen molar-refractivity contribution in [2.45, 2.75) is 32.2 Å². The molecule has 1 aliphatic carbocycles. The summed E-state index contributed by atoms with van der Waals surface area (Å²) in [4.78, 5) is 11.4. The molecule has 0 unspecified atom stereocenters. The van der Waals surface area contributed by atoms with Crippen molar-refractivity contribution in [2.24, 2.45) is 5.92 Å². The van der Waals surface area contributed by atoms with Crippen molar-refractivity contribution in [3.05, 3.63) is 0 Å². The highest BCUT2D eigenvalue weighted by molar-refractivity contribution is 5.79. The van der Waals surface area contributed by atoms with Crippen LogP contribution in [0.2, 0.25) is 0 Å². The molecule has 0 saturated heterocycles. The summed E-state index contributed by atoms with van der Waals surface area (Å²) in [6, 6.07) is 0. The molecule has 78 valence electrons. The summed E-state index contributed by atoms with van der Waals surface area (Å²) in [5.74, 6) is 3.29. The SMILES string of the molecule is C#CC(C)(C)NC(=O)CNCC1CC1. The van der Waals surface area contributed by atoms with Gasteiger partial charge in [0, 0.05) is 0 Å². The van der Waals surface area contributed by atoms with Gasteiger partial charge in [-0.25, -0.2) is 0 Å². The first kappa shape index (κ1) is 11.1. The van der Waals surface area contributed by atoms with Gasteiger partial charge in [-0.3, -0.25) is 4.79 Å². The second-order valence-electron chi connectivity index (χ2n) is 4.39. The van der Waals surface area contributed by atoms with Crippen LogP contribution in [-0.4, -0.2) is 24.5 Å². The molecule has 14 heavy (non-hydrogen) atoms. The molecule has 2 N–H and O–H groups in total. The maximum Gasteiger partial charge on any atom is 0.235 e. The standard InChI is InChI=1S/C11H18N2O/c1-4-11(2,3)13-10(14)8-12-7-9-5-6-9/h1,9,12H,5-8H2,2-3H3,(H,13,14). The molecule has 1 saturated carbocycles. The van der Waals surface area contributed by atoms with Crippen LogP contribution in [-0.2, 0) is 4.79 Å². The van der Waals surface area contributed by atoms with Crippen LogP contribution >= 0.6 is 0 Å². The Morgan fingerprint density at radius 3 is 2.71 bits per heavy atom. The first-order valence-corrected chi connectivity index (χ1v) is 5.03. The topological polar surface area (TPSA) is 41.1 Å². The predicted octanol–water partition coefficient (Wildman–Crippen LogP) is 0.514. The van der Waals surface area contributed by atoms with E-state index in [4.69, 9.17) is 6.42 Å². The van der Waals surface area contributed by atoms with Crippen molar-refractivity contribution in [3.63, 3.8) is 0 Å². The third-order valence-electron chi connectivity index (χ3n) is 2.23. The Kier molecular flexibility index (Phi) is 3.54. The smallest absolute Gasteiger partial charge is 0.235 e. The van der Waals surface area contributed by atoms with Gasteiger partial charge in [-0.2, -0.15) is 0 Å². The monoisotopic (exact) mass is 194 g/mol. The van der Waals surface area contributed by atoms with Crippen LogP contribution in [0.3, 0.4) is 0 Å². The van der Waals surface area contributed by atoms with Crippen molar-refractivity contribution in [2.75, 3.05) is 13.1 Å². The van der Waals surface area contributed by atoms with E-state index in [1.54, 1.807) is 0 Å². The van der Waals surface area contributed by atoms with Crippen LogP contribution in [0.4, 0.5) is 0 Å². The molecule has 0 aromatic rings. The van der Waals surface area contributed by atoms with Gasteiger partial charge in [0.05, 0.1) is 12.1 Å². The summed E-state index contributed by atoms with van der Waals surface area (Å²) in [7, 11) is 0. The summed E-state index contributed by atoms with van der Waals surface area (Å²) in [5.41, 5.74) is -0.543. The van der Waals surface area contributed by atoms with Crippen LogP contribution in [0.25, 0.3) is 0 Å². The van der Waals surface area contributed by atoms with E-state index in [0.717, 1.165) is 12.5 Å². The average Bonchev–Trinajstić information content (AvgIpc) is 2.87. The molecule has 0 aliphatic heterocycles. The molecular formula is C11H18N2O. The van der Waals surface area contributed by atoms with Crippen LogP contribution in [0, 0.1) is 18.3 Å². The van der Waals surface area contributed by atoms with Gasteiger partial charge in [-0.1, -0.05) is 5.92 Å². The number of hydrogen-bond donors (Lipinski definition) is 2. The number of rotatable bonds is 5. The summed E-state index contributed by atoms with van der Waals surface area (Å²) < 4.78 is 0. The Hall–Kier alpha value is -1.01. The Balaban J connectivity index is 2.11. The van der Waals surface area contributed by atoms with Crippen molar-refractivity contribution >= 4 is 5.91 Å². The molecule has 0 aromatic carbocycles. The van der Waals surface area contributed by atoms with Gasteiger partial charge in [-0.05, 0) is 39.2 Å². The van der Waals surface area contributed by atoms with E-state index in [2.05, 4.69) is 16.6 Å². The van der Waals surface area contributed by atoms with Crippen molar-refractivity contribution < 1.29 is 4.79 Å². The number of carbonyl (C=O) groups excluding carboxylic acids is 1. The highest BCUT2D eigenvalue weighted by atomic mass is 16.2. The zero-order chi connectivity index (χ0) is 10.6. The predicted molar refractivity (Wildman–Crippen MR) is 56.6 cm³/mol. The Morgan fingerprint density at radius 2 is 2.21 bits per heavy atom. The quantitative estimate of drug-likeness (QED) is 0.626. The lowest BCUT2D eigenvalue weighted by atomic mass is 10.1. The van der Waals surface area contributed by atoms with Gasteiger partial charge in [0.25, 0.3) is 0 Å². The van der Waals surface area contributed by atoms with Crippen molar-refractivity contribution in [3.8, 4) is 12.3 Å². The van der Waals surface area contributed by atoms with Gasteiger partial charge in [0.15, 0.2) is 0 Å². The highest BCUT2D eigenvalue weighted by Crippen LogP contribution is 2.27. The molecule has 1 fully saturated rings. The number of nitrogens with one attached hydrogen (secondary N) is 2. The maximum absolute atomic E-state index is 11.4. The Labute approximate surface area is 85.6 Å². The van der Waals surface area contributed by atoms with Crippen LogP contribution in [0.5, 0.6) is 0 Å². The lowest BCUT2D eigenvalue weighted by molar-refractivity contribution is -0.121. The molecule has 1 amide bonds. The summed E-state index contributed by atoms with van der Waals surface area (Å²) >= 11 is 0. The van der Waals surface area contributed by atoms with Crippen LogP contribution in [0.15, 0.2) is 0 Å². The second-order valence-corrected chi connectivity index (χ2v) is 4.39. The fraction of sp³-hybridized carbons (Fsp3) is 0.727. The molecule has 0 radical (unpaired) electrons. The van der Waals surface area contributed by atoms with E-state index in [0.29, 0.717) is 6.54 Å². The van der Waals surface area contributed by atoms with Gasteiger partial charge in [-0.15, -0.1) is 6.42 Å². The van der Waals surface area contributed by atoms with E-state index in [1.165, 1.54) is 12.8 Å². The summed E-state index contributed by atoms with van der Waals surface area (Å²) in [6.07, 6.45) is 7.85. The molecule has 0 heterocycles. The number of hydrogen-bond acceptors (Lipinski definition) is 2. The zero-order valence-electron chi connectivity index (χ0n) is 8.89. The minimum absolute atomic E-state index is 0.0337. The van der Waals surface area contributed by atoms with E-state index >= 15 is 0 Å². The third-order valence-corrected chi connectivity index (χ3v) is 2.23. The molecular weight excluding hydrogens is 176 g/mol. The molecule has 1 aliphatic rings.